The van der Waals surface area contributed by atoms with E-state index in [2.05, 4.69) is 0 Å². The van der Waals surface area contributed by atoms with E-state index in [9.17, 15) is 0 Å². The van der Waals surface area contributed by atoms with E-state index < -0.39 is 0 Å². The molecular weight excluding hydrogens is 207 g/mol. The SMILES string of the molecule is CC=Cc1cc(Cl)c(OC)c(Cl)c1. The molecule has 0 N–H and O–H groups in total. The summed E-state index contributed by atoms with van der Waals surface area (Å²) in [6.45, 7) is 1.94. The Hall–Kier alpha value is -0.660. The molecule has 0 atom stereocenters. The molecule has 13 heavy (non-hydrogen) atoms. The Kier molecular flexibility index (Phi) is 3.64. The first kappa shape index (κ1) is 10.4. The smallest absolute Gasteiger partial charge is 0.156 e. The number of ether oxygens (including phenoxy) is 1. The minimum atomic E-state index is 0.525. The van der Waals surface area contributed by atoms with E-state index >= 15 is 0 Å². The molecule has 70 valence electrons. The zero-order chi connectivity index (χ0) is 9.84. The Morgan fingerprint density at radius 3 is 2.15 bits per heavy atom. The number of methoxy groups -OCH3 is 1. The van der Waals surface area contributed by atoms with Gasteiger partial charge in [-0.3, -0.25) is 0 Å². The molecule has 0 amide bonds. The summed E-state index contributed by atoms with van der Waals surface area (Å²) in [4.78, 5) is 0. The molecule has 1 aromatic carbocycles. The second-order valence-electron chi connectivity index (χ2n) is 2.52. The summed E-state index contributed by atoms with van der Waals surface area (Å²) in [5.41, 5.74) is 0.971. The summed E-state index contributed by atoms with van der Waals surface area (Å²) in [5.74, 6) is 0.525. The van der Waals surface area contributed by atoms with Crippen LogP contribution in [0.5, 0.6) is 5.75 Å². The van der Waals surface area contributed by atoms with E-state index in [0.717, 1.165) is 5.56 Å². The van der Waals surface area contributed by atoms with Crippen LogP contribution < -0.4 is 4.74 Å². The lowest BCUT2D eigenvalue weighted by atomic mass is 10.2. The van der Waals surface area contributed by atoms with Crippen LogP contribution in [-0.2, 0) is 0 Å². The van der Waals surface area contributed by atoms with Gasteiger partial charge in [-0.05, 0) is 24.6 Å². The van der Waals surface area contributed by atoms with E-state index in [1.54, 1.807) is 7.11 Å². The number of halogens is 2. The van der Waals surface area contributed by atoms with Gasteiger partial charge >= 0.3 is 0 Å². The summed E-state index contributed by atoms with van der Waals surface area (Å²) >= 11 is 11.9. The van der Waals surface area contributed by atoms with Crippen LogP contribution in [0.2, 0.25) is 10.0 Å². The molecule has 1 nitrogen and oxygen atoms in total. The third-order valence-corrected chi connectivity index (χ3v) is 2.15. The second kappa shape index (κ2) is 4.54. The van der Waals surface area contributed by atoms with Crippen LogP contribution in [0.25, 0.3) is 6.08 Å². The minimum absolute atomic E-state index is 0.525. The van der Waals surface area contributed by atoms with Crippen LogP contribution in [0.15, 0.2) is 18.2 Å². The maximum atomic E-state index is 5.93. The highest BCUT2D eigenvalue weighted by molar-refractivity contribution is 6.37. The largest absolute Gasteiger partial charge is 0.494 e. The van der Waals surface area contributed by atoms with Crippen LogP contribution in [0.4, 0.5) is 0 Å². The molecule has 1 rings (SSSR count). The molecule has 0 unspecified atom stereocenters. The average Bonchev–Trinajstić information content (AvgIpc) is 2.04. The third-order valence-electron chi connectivity index (χ3n) is 1.58. The summed E-state index contributed by atoms with van der Waals surface area (Å²) in [6.07, 6.45) is 3.85. The van der Waals surface area contributed by atoms with E-state index in [0.29, 0.717) is 15.8 Å². The Bertz CT molecular complexity index is 309. The average molecular weight is 217 g/mol. The fourth-order valence-corrected chi connectivity index (χ4v) is 1.72. The fourth-order valence-electron chi connectivity index (χ4n) is 1.06. The molecule has 1 aromatic rings. The van der Waals surface area contributed by atoms with Gasteiger partial charge in [-0.25, -0.2) is 0 Å². The van der Waals surface area contributed by atoms with Crippen molar-refractivity contribution in [2.45, 2.75) is 6.92 Å². The van der Waals surface area contributed by atoms with E-state index in [1.165, 1.54) is 0 Å². The van der Waals surface area contributed by atoms with Gasteiger partial charge in [0, 0.05) is 0 Å². The van der Waals surface area contributed by atoms with Gasteiger partial charge in [0.2, 0.25) is 0 Å². The molecule has 0 aliphatic carbocycles. The Balaban J connectivity index is 3.20. The molecule has 0 aliphatic heterocycles. The van der Waals surface area contributed by atoms with Gasteiger partial charge in [0.1, 0.15) is 0 Å². The molecule has 0 saturated heterocycles. The normalized spacial score (nSPS) is 10.8. The van der Waals surface area contributed by atoms with Gasteiger partial charge in [0.15, 0.2) is 5.75 Å². The standard InChI is InChI=1S/C10H10Cl2O/c1-3-4-7-5-8(11)10(13-2)9(12)6-7/h3-6H,1-2H3. The highest BCUT2D eigenvalue weighted by Crippen LogP contribution is 2.34. The first-order valence-electron chi connectivity index (χ1n) is 3.84. The lowest BCUT2D eigenvalue weighted by molar-refractivity contribution is 0.415. The number of rotatable bonds is 2. The predicted octanol–water partition coefficient (Wildman–Crippen LogP) is 4.04. The van der Waals surface area contributed by atoms with Crippen LogP contribution in [0.3, 0.4) is 0 Å². The molecule has 0 bridgehead atoms. The molecule has 0 spiro atoms. The van der Waals surface area contributed by atoms with Crippen LogP contribution in [-0.4, -0.2) is 7.11 Å². The van der Waals surface area contributed by atoms with Crippen molar-refractivity contribution < 1.29 is 4.74 Å². The van der Waals surface area contributed by atoms with Gasteiger partial charge in [-0.15, -0.1) is 0 Å². The van der Waals surface area contributed by atoms with E-state index in [-0.39, 0.29) is 0 Å². The van der Waals surface area contributed by atoms with Crippen molar-refractivity contribution in [3.05, 3.63) is 33.8 Å². The van der Waals surface area contributed by atoms with Crippen molar-refractivity contribution >= 4 is 29.3 Å². The molecular formula is C10H10Cl2O. The van der Waals surface area contributed by atoms with Crippen LogP contribution in [0.1, 0.15) is 12.5 Å². The maximum Gasteiger partial charge on any atom is 0.156 e. The van der Waals surface area contributed by atoms with E-state index in [4.69, 9.17) is 27.9 Å². The maximum absolute atomic E-state index is 5.93. The molecule has 0 aliphatic rings. The molecule has 0 radical (unpaired) electrons. The van der Waals surface area contributed by atoms with E-state index in [1.807, 2.05) is 31.2 Å². The molecule has 3 heteroatoms. The van der Waals surface area contributed by atoms with Crippen molar-refractivity contribution in [3.8, 4) is 5.75 Å². The highest BCUT2D eigenvalue weighted by Gasteiger charge is 2.06. The lowest BCUT2D eigenvalue weighted by Crippen LogP contribution is -1.86. The third kappa shape index (κ3) is 2.39. The zero-order valence-electron chi connectivity index (χ0n) is 7.47. The summed E-state index contributed by atoms with van der Waals surface area (Å²) in [6, 6.07) is 3.62. The van der Waals surface area contributed by atoms with Crippen molar-refractivity contribution in [2.24, 2.45) is 0 Å². The van der Waals surface area contributed by atoms with Gasteiger partial charge in [-0.1, -0.05) is 35.4 Å². The van der Waals surface area contributed by atoms with Gasteiger partial charge in [0.25, 0.3) is 0 Å². The molecule has 0 saturated carbocycles. The zero-order valence-corrected chi connectivity index (χ0v) is 8.99. The Labute approximate surface area is 87.9 Å². The first-order chi connectivity index (χ1) is 6.19. The topological polar surface area (TPSA) is 9.23 Å². The van der Waals surface area contributed by atoms with Gasteiger partial charge < -0.3 is 4.74 Å². The predicted molar refractivity (Wildman–Crippen MR) is 57.7 cm³/mol. The minimum Gasteiger partial charge on any atom is -0.494 e. The van der Waals surface area contributed by atoms with Crippen molar-refractivity contribution in [1.82, 2.24) is 0 Å². The number of hydrogen-bond acceptors (Lipinski definition) is 1. The number of hydrogen-bond donors (Lipinski definition) is 0. The molecule has 0 aromatic heterocycles. The highest BCUT2D eigenvalue weighted by atomic mass is 35.5. The summed E-state index contributed by atoms with van der Waals surface area (Å²) in [7, 11) is 1.54. The monoisotopic (exact) mass is 216 g/mol. The summed E-state index contributed by atoms with van der Waals surface area (Å²) in [5, 5.41) is 1.06. The van der Waals surface area contributed by atoms with Gasteiger partial charge in [0.05, 0.1) is 17.2 Å². The quantitative estimate of drug-likeness (QED) is 0.726. The second-order valence-corrected chi connectivity index (χ2v) is 3.33. The Morgan fingerprint density at radius 1 is 1.23 bits per heavy atom. The van der Waals surface area contributed by atoms with Crippen molar-refractivity contribution in [3.63, 3.8) is 0 Å². The van der Waals surface area contributed by atoms with Crippen LogP contribution in [0, 0.1) is 0 Å². The molecule has 0 fully saturated rings. The molecule has 0 heterocycles. The van der Waals surface area contributed by atoms with Crippen molar-refractivity contribution in [2.75, 3.05) is 7.11 Å². The summed E-state index contributed by atoms with van der Waals surface area (Å²) < 4.78 is 5.02. The fraction of sp³-hybridized carbons (Fsp3) is 0.200. The Morgan fingerprint density at radius 2 is 1.77 bits per heavy atom. The number of allylic oxidation sites excluding steroid dienone is 1. The van der Waals surface area contributed by atoms with Crippen LogP contribution >= 0.6 is 23.2 Å². The first-order valence-corrected chi connectivity index (χ1v) is 4.60. The lowest BCUT2D eigenvalue weighted by Gasteiger charge is -2.06. The van der Waals surface area contributed by atoms with Gasteiger partial charge in [-0.2, -0.15) is 0 Å². The van der Waals surface area contributed by atoms with Crippen molar-refractivity contribution in [1.29, 1.82) is 0 Å². The number of benzene rings is 1.